The molecule has 3 rings (SSSR count). The van der Waals surface area contributed by atoms with Gasteiger partial charge in [-0.2, -0.15) is 0 Å². The second-order valence-corrected chi connectivity index (χ2v) is 7.40. The first kappa shape index (κ1) is 17.2. The van der Waals surface area contributed by atoms with Crippen molar-refractivity contribution >= 4 is 5.91 Å². The molecule has 1 aliphatic carbocycles. The van der Waals surface area contributed by atoms with Gasteiger partial charge in [0, 0.05) is 31.5 Å². The minimum atomic E-state index is -0.378. The maximum atomic E-state index is 12.9. The lowest BCUT2D eigenvalue weighted by Gasteiger charge is -2.41. The van der Waals surface area contributed by atoms with E-state index in [0.717, 1.165) is 38.5 Å². The Morgan fingerprint density at radius 1 is 1.21 bits per heavy atom. The molecule has 2 fully saturated rings. The highest BCUT2D eigenvalue weighted by Crippen LogP contribution is 2.33. The summed E-state index contributed by atoms with van der Waals surface area (Å²) < 4.78 is 18.8. The van der Waals surface area contributed by atoms with Gasteiger partial charge in [-0.25, -0.2) is 4.39 Å². The van der Waals surface area contributed by atoms with Crippen molar-refractivity contribution in [1.82, 2.24) is 4.90 Å². The van der Waals surface area contributed by atoms with Crippen LogP contribution in [0.4, 0.5) is 4.39 Å². The number of nitrogens with zero attached hydrogens (tertiary/aromatic N) is 1. The Labute approximate surface area is 143 Å². The first-order chi connectivity index (χ1) is 11.5. The molecule has 24 heavy (non-hydrogen) atoms. The molecule has 1 aromatic rings. The fourth-order valence-corrected chi connectivity index (χ4v) is 3.88. The summed E-state index contributed by atoms with van der Waals surface area (Å²) in [5, 5.41) is 0. The number of ether oxygens (including phenoxy) is 1. The minimum Gasteiger partial charge on any atom is -0.490 e. The molecule has 0 aromatic heterocycles. The Bertz CT molecular complexity index is 565. The molecule has 1 amide bonds. The molecule has 2 aliphatic rings. The van der Waals surface area contributed by atoms with Crippen LogP contribution in [0, 0.1) is 11.7 Å². The topological polar surface area (TPSA) is 55.6 Å². The van der Waals surface area contributed by atoms with Crippen molar-refractivity contribution in [2.75, 3.05) is 13.1 Å². The molecule has 1 aromatic carbocycles. The Kier molecular flexibility index (Phi) is 5.09. The fourth-order valence-electron chi connectivity index (χ4n) is 3.88. The van der Waals surface area contributed by atoms with Gasteiger partial charge in [0.1, 0.15) is 17.7 Å². The van der Waals surface area contributed by atoms with Crippen molar-refractivity contribution in [1.29, 1.82) is 0 Å². The number of likely N-dealkylation sites (tertiary alicyclic amines) is 1. The lowest BCUT2D eigenvalue weighted by molar-refractivity contribution is -0.140. The van der Waals surface area contributed by atoms with Crippen LogP contribution in [0.25, 0.3) is 0 Å². The lowest BCUT2D eigenvalue weighted by atomic mass is 9.74. The zero-order valence-corrected chi connectivity index (χ0v) is 14.3. The smallest absolute Gasteiger partial charge is 0.227 e. The van der Waals surface area contributed by atoms with Gasteiger partial charge in [-0.15, -0.1) is 0 Å². The van der Waals surface area contributed by atoms with Crippen molar-refractivity contribution < 1.29 is 13.9 Å². The number of amides is 1. The third-order valence-electron chi connectivity index (χ3n) is 5.42. The van der Waals surface area contributed by atoms with Crippen molar-refractivity contribution in [2.24, 2.45) is 11.7 Å². The quantitative estimate of drug-likeness (QED) is 0.924. The fraction of sp³-hybridized carbons (Fsp3) is 0.632. The Balaban J connectivity index is 1.53. The number of nitrogens with two attached hydrogens (primary N) is 1. The largest absolute Gasteiger partial charge is 0.490 e. The van der Waals surface area contributed by atoms with Crippen LogP contribution in [-0.2, 0) is 4.79 Å². The van der Waals surface area contributed by atoms with Crippen molar-refractivity contribution in [2.45, 2.75) is 57.1 Å². The summed E-state index contributed by atoms with van der Waals surface area (Å²) in [6.07, 6.45) is 5.72. The van der Waals surface area contributed by atoms with Crippen LogP contribution in [0.2, 0.25) is 0 Å². The van der Waals surface area contributed by atoms with Crippen molar-refractivity contribution in [3.8, 4) is 5.75 Å². The molecule has 1 aliphatic heterocycles. The van der Waals surface area contributed by atoms with E-state index in [4.69, 9.17) is 10.5 Å². The highest BCUT2D eigenvalue weighted by Gasteiger charge is 2.40. The second kappa shape index (κ2) is 7.09. The molecule has 2 N–H and O–H groups in total. The Morgan fingerprint density at radius 2 is 1.88 bits per heavy atom. The minimum absolute atomic E-state index is 0.0548. The summed E-state index contributed by atoms with van der Waals surface area (Å²) in [5.74, 6) is 0.573. The van der Waals surface area contributed by atoms with E-state index in [-0.39, 0.29) is 29.3 Å². The van der Waals surface area contributed by atoms with Gasteiger partial charge in [-0.3, -0.25) is 4.79 Å². The number of rotatable bonds is 3. The summed E-state index contributed by atoms with van der Waals surface area (Å²) in [6.45, 7) is 3.42. The van der Waals surface area contributed by atoms with Crippen LogP contribution < -0.4 is 10.5 Å². The third-order valence-corrected chi connectivity index (χ3v) is 5.42. The summed E-state index contributed by atoms with van der Waals surface area (Å²) >= 11 is 0. The maximum absolute atomic E-state index is 12.9. The van der Waals surface area contributed by atoms with Crippen LogP contribution in [0.1, 0.15) is 45.4 Å². The summed E-state index contributed by atoms with van der Waals surface area (Å²) in [7, 11) is 0. The van der Waals surface area contributed by atoms with E-state index in [0.29, 0.717) is 18.8 Å². The standard InChI is InChI=1S/C19H27FN2O2/c1-19(21)11-3-2-4-17(19)18(23)22-12-9-16(10-13-22)24-15-7-5-14(20)6-8-15/h5-8,16-17H,2-4,9-13,21H2,1H3. The molecular formula is C19H27FN2O2. The van der Waals surface area contributed by atoms with E-state index in [2.05, 4.69) is 0 Å². The molecule has 2 unspecified atom stereocenters. The number of benzene rings is 1. The van der Waals surface area contributed by atoms with E-state index >= 15 is 0 Å². The van der Waals surface area contributed by atoms with E-state index in [1.807, 2.05) is 11.8 Å². The summed E-state index contributed by atoms with van der Waals surface area (Å²) in [6, 6.07) is 6.10. The summed E-state index contributed by atoms with van der Waals surface area (Å²) in [4.78, 5) is 14.8. The van der Waals surface area contributed by atoms with Gasteiger partial charge in [-0.1, -0.05) is 12.8 Å². The van der Waals surface area contributed by atoms with Crippen LogP contribution >= 0.6 is 0 Å². The molecule has 0 spiro atoms. The maximum Gasteiger partial charge on any atom is 0.227 e. The van der Waals surface area contributed by atoms with Gasteiger partial charge in [0.2, 0.25) is 5.91 Å². The molecule has 1 saturated heterocycles. The molecule has 5 heteroatoms. The number of hydrogen-bond donors (Lipinski definition) is 1. The molecule has 4 nitrogen and oxygen atoms in total. The normalized spacial score (nSPS) is 28.6. The van der Waals surface area contributed by atoms with Gasteiger partial charge in [0.05, 0.1) is 5.92 Å². The van der Waals surface area contributed by atoms with Crippen LogP contribution in [0.5, 0.6) is 5.75 Å². The molecule has 0 bridgehead atoms. The molecule has 2 atom stereocenters. The molecule has 1 heterocycles. The third kappa shape index (κ3) is 3.89. The van der Waals surface area contributed by atoms with E-state index in [9.17, 15) is 9.18 Å². The molecule has 1 saturated carbocycles. The molecule has 0 radical (unpaired) electrons. The monoisotopic (exact) mass is 334 g/mol. The lowest BCUT2D eigenvalue weighted by Crippen LogP contribution is -2.55. The van der Waals surface area contributed by atoms with Gasteiger partial charge >= 0.3 is 0 Å². The van der Waals surface area contributed by atoms with E-state index in [1.165, 1.54) is 12.1 Å². The number of piperidine rings is 1. The first-order valence-electron chi connectivity index (χ1n) is 8.95. The predicted octanol–water partition coefficient (Wildman–Crippen LogP) is 3.10. The van der Waals surface area contributed by atoms with Gasteiger partial charge < -0.3 is 15.4 Å². The number of hydrogen-bond acceptors (Lipinski definition) is 3. The highest BCUT2D eigenvalue weighted by atomic mass is 19.1. The highest BCUT2D eigenvalue weighted by molar-refractivity contribution is 5.80. The molecular weight excluding hydrogens is 307 g/mol. The zero-order chi connectivity index (χ0) is 17.2. The van der Waals surface area contributed by atoms with Crippen LogP contribution in [-0.4, -0.2) is 35.5 Å². The SMILES string of the molecule is CC1(N)CCCCC1C(=O)N1CCC(Oc2ccc(F)cc2)CC1. The first-order valence-corrected chi connectivity index (χ1v) is 8.95. The summed E-state index contributed by atoms with van der Waals surface area (Å²) in [5.41, 5.74) is 5.99. The van der Waals surface area contributed by atoms with E-state index in [1.54, 1.807) is 12.1 Å². The van der Waals surface area contributed by atoms with Crippen LogP contribution in [0.15, 0.2) is 24.3 Å². The van der Waals surface area contributed by atoms with E-state index < -0.39 is 0 Å². The predicted molar refractivity (Wildman–Crippen MR) is 91.2 cm³/mol. The van der Waals surface area contributed by atoms with Gasteiger partial charge in [-0.05, 0) is 44.0 Å². The van der Waals surface area contributed by atoms with Crippen LogP contribution in [0.3, 0.4) is 0 Å². The van der Waals surface area contributed by atoms with Crippen molar-refractivity contribution in [3.05, 3.63) is 30.1 Å². The molecule has 132 valence electrons. The van der Waals surface area contributed by atoms with Gasteiger partial charge in [0.15, 0.2) is 0 Å². The number of carbonyl (C=O) groups excluding carboxylic acids is 1. The Morgan fingerprint density at radius 3 is 2.50 bits per heavy atom. The van der Waals surface area contributed by atoms with Crippen molar-refractivity contribution in [3.63, 3.8) is 0 Å². The second-order valence-electron chi connectivity index (χ2n) is 7.40. The Hall–Kier alpha value is -1.62. The zero-order valence-electron chi connectivity index (χ0n) is 14.3. The number of halogens is 1. The van der Waals surface area contributed by atoms with Gasteiger partial charge in [0.25, 0.3) is 0 Å². The average Bonchev–Trinajstić information content (AvgIpc) is 2.57. The average molecular weight is 334 g/mol. The number of carbonyl (C=O) groups is 1.